The Morgan fingerprint density at radius 1 is 0.700 bits per heavy atom. The maximum absolute atomic E-state index is 14.2. The van der Waals surface area contributed by atoms with Crippen molar-refractivity contribution >= 4 is 0 Å². The molecule has 4 atom stereocenters. The summed E-state index contributed by atoms with van der Waals surface area (Å²) in [6.07, 6.45) is 3.35. The third-order valence-electron chi connectivity index (χ3n) is 5.02. The third-order valence-corrected chi connectivity index (χ3v) is 14.5. The van der Waals surface area contributed by atoms with E-state index in [2.05, 4.69) is 27.7 Å². The van der Waals surface area contributed by atoms with Crippen molar-refractivity contribution in [3.8, 4) is 0 Å². The van der Waals surface area contributed by atoms with Crippen LogP contribution in [-0.2, 0) is 26.0 Å². The molecule has 0 saturated carbocycles. The van der Waals surface area contributed by atoms with Crippen molar-refractivity contribution in [2.24, 2.45) is 0 Å². The van der Waals surface area contributed by atoms with E-state index in [0.717, 1.165) is 25.7 Å². The van der Waals surface area contributed by atoms with Crippen molar-refractivity contribution in [3.63, 3.8) is 0 Å². The first-order valence-corrected chi connectivity index (χ1v) is 12.1. The molecule has 0 spiro atoms. The summed E-state index contributed by atoms with van der Waals surface area (Å²) in [4.78, 5) is 0. The molecule has 0 amide bonds. The van der Waals surface area contributed by atoms with Crippen molar-refractivity contribution in [1.82, 2.24) is 0 Å². The van der Waals surface area contributed by atoms with Gasteiger partial charge < -0.3 is 0 Å². The molecule has 0 aromatic rings. The van der Waals surface area contributed by atoms with Crippen LogP contribution in [0, 0.1) is 0 Å². The molecule has 122 valence electrons. The normalized spacial score (nSPS) is 19.4. The Bertz CT molecular complexity index is 309. The Kier molecular flexibility index (Phi) is 8.35. The molecule has 0 saturated heterocycles. The van der Waals surface area contributed by atoms with Gasteiger partial charge in [-0.25, -0.2) is 0 Å². The van der Waals surface area contributed by atoms with Gasteiger partial charge in [0.2, 0.25) is 0 Å². The van der Waals surface area contributed by atoms with Crippen LogP contribution in [0.4, 0.5) is 0 Å². The summed E-state index contributed by atoms with van der Waals surface area (Å²) in [6, 6.07) is 0. The van der Waals surface area contributed by atoms with Gasteiger partial charge in [-0.1, -0.05) is 0 Å². The van der Waals surface area contributed by atoms with Gasteiger partial charge in [-0.15, -0.1) is 0 Å². The first kappa shape index (κ1) is 20.4. The molecule has 0 aliphatic heterocycles. The fourth-order valence-electron chi connectivity index (χ4n) is 2.67. The van der Waals surface area contributed by atoms with Gasteiger partial charge in [-0.2, -0.15) is 0 Å². The number of hydrogen-bond acceptors (Lipinski definition) is 3. The van der Waals surface area contributed by atoms with E-state index in [4.69, 9.17) is 6.64 Å². The van der Waals surface area contributed by atoms with Crippen molar-refractivity contribution < 1.29 is 26.0 Å². The van der Waals surface area contributed by atoms with Crippen molar-refractivity contribution in [3.05, 3.63) is 0 Å². The predicted octanol–water partition coefficient (Wildman–Crippen LogP) is 5.92. The first-order chi connectivity index (χ1) is 9.18. The van der Waals surface area contributed by atoms with Gasteiger partial charge in [0.05, 0.1) is 0 Å². The van der Waals surface area contributed by atoms with Crippen LogP contribution in [0.3, 0.4) is 0 Å². The topological polar surface area (TPSA) is 35.5 Å². The summed E-state index contributed by atoms with van der Waals surface area (Å²) in [6.45, 7) is 16.4. The molecular formula is C16H36O3Ti. The van der Waals surface area contributed by atoms with E-state index in [9.17, 15) is 3.32 Å². The summed E-state index contributed by atoms with van der Waals surface area (Å²) in [5.74, 6) is 0. The van der Waals surface area contributed by atoms with Gasteiger partial charge in [0, 0.05) is 0 Å². The molecule has 0 aliphatic rings. The van der Waals surface area contributed by atoms with Crippen LogP contribution >= 0.6 is 0 Å². The standard InChI is InChI=1S/2C4H9O.2C4H9.O.Ti/c2*1-3-4(2)5;2*1-3-4-2;;/h2*4H,3H2,1-2H3;2*3H,4H2,1-2H3;;/q2*-1;;;;+2. The van der Waals surface area contributed by atoms with Crippen LogP contribution in [0.25, 0.3) is 0 Å². The molecular weight excluding hydrogens is 288 g/mol. The van der Waals surface area contributed by atoms with Crippen molar-refractivity contribution in [2.75, 3.05) is 0 Å². The van der Waals surface area contributed by atoms with Gasteiger partial charge in [0.15, 0.2) is 0 Å². The van der Waals surface area contributed by atoms with E-state index in [0.29, 0.717) is 0 Å². The molecule has 3 nitrogen and oxygen atoms in total. The molecule has 0 fully saturated rings. The van der Waals surface area contributed by atoms with Gasteiger partial charge in [-0.05, 0) is 0 Å². The predicted molar refractivity (Wildman–Crippen MR) is 81.8 cm³/mol. The van der Waals surface area contributed by atoms with Crippen molar-refractivity contribution in [1.29, 1.82) is 0 Å². The maximum atomic E-state index is 14.2. The van der Waals surface area contributed by atoms with Crippen LogP contribution in [-0.4, -0.2) is 12.2 Å². The quantitative estimate of drug-likeness (QED) is 0.468. The van der Waals surface area contributed by atoms with Gasteiger partial charge in [-0.3, -0.25) is 0 Å². The summed E-state index contributed by atoms with van der Waals surface area (Å²) in [5, 5.41) is 0. The molecule has 0 aromatic carbocycles. The van der Waals surface area contributed by atoms with E-state index in [-0.39, 0.29) is 20.7 Å². The molecule has 0 aliphatic carbocycles. The molecule has 4 unspecified atom stereocenters. The zero-order chi connectivity index (χ0) is 16.0. The zero-order valence-corrected chi connectivity index (χ0v) is 16.4. The van der Waals surface area contributed by atoms with E-state index < -0.39 is 16.1 Å². The Balaban J connectivity index is 5.83. The van der Waals surface area contributed by atoms with Crippen molar-refractivity contribution in [2.45, 2.75) is 102 Å². The Morgan fingerprint density at radius 3 is 1.20 bits per heavy atom. The molecule has 0 N–H and O–H groups in total. The second-order valence-corrected chi connectivity index (χ2v) is 13.7. The summed E-state index contributed by atoms with van der Waals surface area (Å²) in [7, 11) is 0. The second-order valence-electron chi connectivity index (χ2n) is 6.42. The Hall–Kier alpha value is 0.434. The van der Waals surface area contributed by atoms with E-state index in [1.165, 1.54) is 0 Å². The molecule has 0 radical (unpaired) electrons. The van der Waals surface area contributed by atoms with Gasteiger partial charge in [0.1, 0.15) is 0 Å². The van der Waals surface area contributed by atoms with Crippen LogP contribution in [0.5, 0.6) is 0 Å². The second kappa shape index (κ2) is 8.17. The first-order valence-electron chi connectivity index (χ1n) is 8.43. The molecule has 4 heteroatoms. The van der Waals surface area contributed by atoms with Gasteiger partial charge >= 0.3 is 128 Å². The SMILES string of the molecule is CCC(C)[O][Ti](=[O])([O]C(C)CC)([CH](C)CC)[CH](C)CC. The molecule has 20 heavy (non-hydrogen) atoms. The Morgan fingerprint density at radius 2 is 1.00 bits per heavy atom. The molecule has 0 heterocycles. The van der Waals surface area contributed by atoms with E-state index in [1.807, 2.05) is 27.7 Å². The molecule has 0 bridgehead atoms. The van der Waals surface area contributed by atoms with Crippen LogP contribution in [0.2, 0.25) is 8.45 Å². The summed E-state index contributed by atoms with van der Waals surface area (Å²) < 4.78 is 26.7. The summed E-state index contributed by atoms with van der Waals surface area (Å²) >= 11 is -4.74. The minimum atomic E-state index is -4.74. The van der Waals surface area contributed by atoms with Gasteiger partial charge in [0.25, 0.3) is 0 Å². The van der Waals surface area contributed by atoms with Crippen LogP contribution in [0.15, 0.2) is 0 Å². The van der Waals surface area contributed by atoms with Crippen LogP contribution in [0.1, 0.15) is 81.1 Å². The van der Waals surface area contributed by atoms with Crippen LogP contribution < -0.4 is 0 Å². The summed E-state index contributed by atoms with van der Waals surface area (Å²) in [5.41, 5.74) is 0. The fraction of sp³-hybridized carbons (Fsp3) is 1.00. The molecule has 0 aromatic heterocycles. The van der Waals surface area contributed by atoms with E-state index >= 15 is 0 Å². The average Bonchev–Trinajstić information content (AvgIpc) is 2.44. The monoisotopic (exact) mass is 324 g/mol. The minimum absolute atomic E-state index is 0.00931. The number of hydrogen-bond donors (Lipinski definition) is 0. The zero-order valence-electron chi connectivity index (χ0n) is 14.9. The Labute approximate surface area is 128 Å². The fourth-order valence-corrected chi connectivity index (χ4v) is 11.0. The third kappa shape index (κ3) is 4.22. The van der Waals surface area contributed by atoms with E-state index in [1.54, 1.807) is 0 Å². The average molecular weight is 324 g/mol. The number of rotatable bonds is 10. The molecule has 0 rings (SSSR count).